The molecule has 1 fully saturated rings. The quantitative estimate of drug-likeness (QED) is 0.0376. The summed E-state index contributed by atoms with van der Waals surface area (Å²) in [5.41, 5.74) is 9.53. The van der Waals surface area contributed by atoms with Crippen molar-refractivity contribution in [1.82, 2.24) is 24.4 Å². The van der Waals surface area contributed by atoms with Crippen molar-refractivity contribution in [3.05, 3.63) is 190 Å². The normalized spacial score (nSPS) is 14.8. The van der Waals surface area contributed by atoms with Crippen LogP contribution in [-0.4, -0.2) is 97.4 Å². The van der Waals surface area contributed by atoms with E-state index in [1.54, 1.807) is 97.7 Å². The van der Waals surface area contributed by atoms with Gasteiger partial charge < -0.3 is 54.3 Å². The molecule has 5 heterocycles. The molecule has 0 aliphatic carbocycles. The molecule has 3 unspecified atom stereocenters. The van der Waals surface area contributed by atoms with Crippen molar-refractivity contribution in [2.24, 2.45) is 5.73 Å². The number of nitrogens with one attached hydrogen (secondary N) is 1. The van der Waals surface area contributed by atoms with Crippen molar-refractivity contribution in [2.45, 2.75) is 25.0 Å². The molecule has 0 radical (unpaired) electrons. The van der Waals surface area contributed by atoms with Gasteiger partial charge in [-0.15, -0.1) is 0 Å². The number of hydrogen-bond donors (Lipinski definition) is 5. The van der Waals surface area contributed by atoms with E-state index in [2.05, 4.69) is 19.9 Å². The number of H-pyrrole nitrogens is 1. The first-order chi connectivity index (χ1) is 37.4. The van der Waals surface area contributed by atoms with E-state index in [1.165, 1.54) is 0 Å². The molecule has 18 heteroatoms. The van der Waals surface area contributed by atoms with E-state index in [9.17, 15) is 24.9 Å². The lowest BCUT2D eigenvalue weighted by molar-refractivity contribution is -0.0314. The van der Waals surface area contributed by atoms with Crippen molar-refractivity contribution >= 4 is 78.1 Å². The van der Waals surface area contributed by atoms with Gasteiger partial charge >= 0.3 is 0 Å². The van der Waals surface area contributed by atoms with Crippen molar-refractivity contribution in [2.75, 3.05) is 46.1 Å². The van der Waals surface area contributed by atoms with Crippen LogP contribution in [0, 0.1) is 0 Å². The number of benzene rings is 6. The summed E-state index contributed by atoms with van der Waals surface area (Å²) >= 11 is 12.5. The van der Waals surface area contributed by atoms with Gasteiger partial charge in [-0.1, -0.05) is 35.3 Å². The molecule has 3 atom stereocenters. The van der Waals surface area contributed by atoms with E-state index in [0.29, 0.717) is 110 Å². The molecule has 11 rings (SSSR count). The molecule has 1 aliphatic heterocycles. The molecule has 390 valence electrons. The largest absolute Gasteiger partial charge is 0.485 e. The van der Waals surface area contributed by atoms with Crippen molar-refractivity contribution in [3.8, 4) is 34.5 Å². The number of carbonyl (C=O) groups excluding carboxylic acids is 2. The Kier molecular flexibility index (Phi) is 14.9. The summed E-state index contributed by atoms with van der Waals surface area (Å²) in [4.78, 5) is 42.3. The average molecular weight is 1070 g/mol. The van der Waals surface area contributed by atoms with Crippen LogP contribution in [0.15, 0.2) is 152 Å². The molecule has 6 N–H and O–H groups in total. The Balaban J connectivity index is 0.857. The van der Waals surface area contributed by atoms with Crippen LogP contribution in [0.2, 0.25) is 10.0 Å². The van der Waals surface area contributed by atoms with E-state index >= 15 is 0 Å². The molecule has 4 aromatic heterocycles. The van der Waals surface area contributed by atoms with Crippen LogP contribution in [0.5, 0.6) is 34.5 Å². The molecule has 0 saturated carbocycles. The number of aliphatic hydroxyl groups excluding tert-OH is 3. The Morgan fingerprint density at radius 2 is 1.38 bits per heavy atom. The van der Waals surface area contributed by atoms with Crippen LogP contribution in [-0.2, 0) is 11.3 Å². The highest BCUT2D eigenvalue weighted by Gasteiger charge is 2.28. The number of Topliss-reactive ketones (excluding diaryl/α,β-unsaturated/α-hetero) is 2. The highest BCUT2D eigenvalue weighted by atomic mass is 35.5. The fraction of sp³-hybridized carbons (Fsp3) is 0.186. The van der Waals surface area contributed by atoms with Crippen LogP contribution in [0.25, 0.3) is 43.4 Å². The summed E-state index contributed by atoms with van der Waals surface area (Å²) < 4.78 is 33.5. The Morgan fingerprint density at radius 1 is 0.714 bits per heavy atom. The summed E-state index contributed by atoms with van der Waals surface area (Å²) in [5, 5.41) is 36.5. The van der Waals surface area contributed by atoms with Crippen LogP contribution in [0.4, 0.5) is 0 Å². The van der Waals surface area contributed by atoms with Crippen molar-refractivity contribution in [1.29, 1.82) is 0 Å². The second kappa shape index (κ2) is 22.4. The lowest BCUT2D eigenvalue weighted by atomic mass is 10.0. The third-order valence-corrected chi connectivity index (χ3v) is 14.1. The number of nitrogens with zero attached hydrogens (tertiary/aromatic N) is 4. The molecule has 6 aromatic carbocycles. The van der Waals surface area contributed by atoms with Crippen LogP contribution >= 0.6 is 23.2 Å². The summed E-state index contributed by atoms with van der Waals surface area (Å²) in [6.07, 6.45) is 6.93. The van der Waals surface area contributed by atoms with Gasteiger partial charge in [0.05, 0.1) is 37.2 Å². The number of aromatic amines is 1. The molecule has 0 bridgehead atoms. The fourth-order valence-electron chi connectivity index (χ4n) is 9.71. The van der Waals surface area contributed by atoms with Gasteiger partial charge in [-0.05, 0) is 113 Å². The number of aliphatic hydroxyl groups is 3. The maximum Gasteiger partial charge on any atom is 0.202 e. The van der Waals surface area contributed by atoms with Gasteiger partial charge in [0.1, 0.15) is 46.8 Å². The third kappa shape index (κ3) is 11.2. The smallest absolute Gasteiger partial charge is 0.202 e. The SMILES string of the molecule is NC(O)c1cc2cc(Cl)ccc2cc1OCC(=O)c1cn(CCN2CCOC(c3cc4c(C(=O)COc5cc6ccc(Cl)cc6cc5C(O)CO)c[nH]c4cc3Oc3cccnc3)C2)c2cc(Oc3cccnc3)ccc12. The van der Waals surface area contributed by atoms with Gasteiger partial charge in [-0.2, -0.15) is 0 Å². The molecule has 77 heavy (non-hydrogen) atoms. The molecule has 0 spiro atoms. The molecule has 1 aliphatic rings. The predicted octanol–water partition coefficient (Wildman–Crippen LogP) is 10.7. The number of aromatic nitrogens is 4. The number of ketones is 2. The second-order valence-corrected chi connectivity index (χ2v) is 19.5. The zero-order valence-corrected chi connectivity index (χ0v) is 42.7. The number of hydrogen-bond acceptors (Lipinski definition) is 14. The number of ether oxygens (including phenoxy) is 5. The number of carbonyl (C=O) groups is 2. The number of rotatable bonds is 19. The van der Waals surface area contributed by atoms with E-state index < -0.39 is 25.0 Å². The first-order valence-corrected chi connectivity index (χ1v) is 25.5. The second-order valence-electron chi connectivity index (χ2n) is 18.6. The zero-order valence-electron chi connectivity index (χ0n) is 41.1. The number of morpholine rings is 1. The number of fused-ring (bicyclic) bond motifs is 4. The molecule has 0 amide bonds. The van der Waals surface area contributed by atoms with Crippen molar-refractivity contribution in [3.63, 3.8) is 0 Å². The Hall–Kier alpha value is -7.90. The highest BCUT2D eigenvalue weighted by Crippen LogP contribution is 2.39. The maximum absolute atomic E-state index is 14.2. The Bertz CT molecular complexity index is 3820. The van der Waals surface area contributed by atoms with Crippen LogP contribution < -0.4 is 24.7 Å². The third-order valence-electron chi connectivity index (χ3n) is 13.6. The molecule has 10 aromatic rings. The minimum Gasteiger partial charge on any atom is -0.485 e. The number of pyridine rings is 2. The maximum atomic E-state index is 14.2. The topological polar surface area (TPSA) is 217 Å². The van der Waals surface area contributed by atoms with E-state index in [0.717, 1.165) is 27.1 Å². The molecule has 1 saturated heterocycles. The highest BCUT2D eigenvalue weighted by molar-refractivity contribution is 6.31. The van der Waals surface area contributed by atoms with Gasteiger partial charge in [0.2, 0.25) is 11.6 Å². The van der Waals surface area contributed by atoms with E-state index in [4.69, 9.17) is 52.6 Å². The average Bonchev–Trinajstić information content (AvgIpc) is 4.05. The van der Waals surface area contributed by atoms with Crippen LogP contribution in [0.3, 0.4) is 0 Å². The number of nitrogens with two attached hydrogens (primary N) is 1. The summed E-state index contributed by atoms with van der Waals surface area (Å²) in [6, 6.07) is 34.0. The minimum atomic E-state index is -1.36. The fourth-order valence-corrected chi connectivity index (χ4v) is 10.1. The predicted molar refractivity (Wildman–Crippen MR) is 293 cm³/mol. The first-order valence-electron chi connectivity index (χ1n) is 24.7. The van der Waals surface area contributed by atoms with Crippen molar-refractivity contribution < 1.29 is 48.6 Å². The van der Waals surface area contributed by atoms with E-state index in [-0.39, 0.29) is 36.3 Å². The van der Waals surface area contributed by atoms with Gasteiger partial charge in [-0.25, -0.2) is 0 Å². The Labute approximate surface area is 450 Å². The monoisotopic (exact) mass is 1070 g/mol. The van der Waals surface area contributed by atoms with Gasteiger partial charge in [0.25, 0.3) is 0 Å². The van der Waals surface area contributed by atoms with Gasteiger partial charge in [0, 0.05) is 117 Å². The van der Waals surface area contributed by atoms with Gasteiger partial charge in [0.15, 0.2) is 13.2 Å². The lowest BCUT2D eigenvalue weighted by Gasteiger charge is -2.34. The Morgan fingerprint density at radius 3 is 2.04 bits per heavy atom. The standard InChI is InChI=1S/C59H50Cl2N6O10/c60-38-7-5-34-21-55(45(52(69)31-68)19-36(34)17-38)74-32-53(70)48-28-65-50-25-57(77-42-4-2-12-64-27-42)46(24-44(48)50)58-30-66(15-16-73-58)13-14-67-29-49(43-10-9-40(23-51(43)67)76-41-3-1-11-63-26-41)54(71)33-75-56-22-35-6-8-39(61)18-37(35)20-47(56)59(62)72/h1-12,17-29,52,58-59,65,68-69,72H,13-16,30-33,62H2. The molecular formula is C59H50Cl2N6O10. The van der Waals surface area contributed by atoms with Gasteiger partial charge in [-0.3, -0.25) is 24.5 Å². The summed E-state index contributed by atoms with van der Waals surface area (Å²) in [6.45, 7) is 1.24. The lowest BCUT2D eigenvalue weighted by Crippen LogP contribution is -2.40. The molecular weight excluding hydrogens is 1020 g/mol. The first kappa shape index (κ1) is 51.2. The number of halogens is 2. The van der Waals surface area contributed by atoms with Crippen LogP contribution in [0.1, 0.15) is 55.8 Å². The zero-order chi connectivity index (χ0) is 53.2. The van der Waals surface area contributed by atoms with E-state index in [1.807, 2.05) is 59.3 Å². The molecule has 16 nitrogen and oxygen atoms in total. The summed E-state index contributed by atoms with van der Waals surface area (Å²) in [5.74, 6) is 2.06. The summed E-state index contributed by atoms with van der Waals surface area (Å²) in [7, 11) is 0. The minimum absolute atomic E-state index is 0.257.